The number of nitrogens with one attached hydrogen (secondary N) is 1. The van der Waals surface area contributed by atoms with Crippen LogP contribution in [-0.4, -0.2) is 11.2 Å². The minimum Gasteiger partial charge on any atom is -0.344 e. The maximum atomic E-state index is 12.9. The monoisotopic (exact) mass is 395 g/mol. The van der Waals surface area contributed by atoms with Crippen molar-refractivity contribution in [3.63, 3.8) is 0 Å². The summed E-state index contributed by atoms with van der Waals surface area (Å²) in [5.74, 6) is 0.00653. The Bertz CT molecular complexity index is 896. The molecular weight excluding hydrogens is 374 g/mol. The van der Waals surface area contributed by atoms with E-state index in [4.69, 9.17) is 11.6 Å². The number of carbonyl (C=O) groups is 1. The van der Waals surface area contributed by atoms with Gasteiger partial charge in [0.1, 0.15) is 0 Å². The molecule has 27 heavy (non-hydrogen) atoms. The van der Waals surface area contributed by atoms with Crippen molar-refractivity contribution in [1.82, 2.24) is 5.32 Å². The average molecular weight is 396 g/mol. The highest BCUT2D eigenvalue weighted by Gasteiger charge is 2.22. The van der Waals surface area contributed by atoms with Gasteiger partial charge in [-0.15, -0.1) is 11.8 Å². The van der Waals surface area contributed by atoms with Crippen LogP contribution in [0.4, 0.5) is 0 Å². The molecule has 0 radical (unpaired) electrons. The van der Waals surface area contributed by atoms with Gasteiger partial charge in [0.05, 0.1) is 11.3 Å². The second-order valence-electron chi connectivity index (χ2n) is 6.42. The first-order chi connectivity index (χ1) is 13.0. The fourth-order valence-electron chi connectivity index (χ4n) is 2.93. The summed E-state index contributed by atoms with van der Waals surface area (Å²) in [6, 6.07) is 25.6. The summed E-state index contributed by atoms with van der Waals surface area (Å²) in [6.45, 7) is 4.00. The van der Waals surface area contributed by atoms with E-state index < -0.39 is 0 Å². The standard InChI is InChI=1S/C23H22ClNOS/c1-16-8-6-7-11-21(16)22(18-9-4-3-5-10-18)25-23(26)17(2)27-20-14-12-19(24)13-15-20/h3-15,17,22H,1-2H3,(H,25,26)/t17-,22+/m0/s1. The van der Waals surface area contributed by atoms with E-state index in [0.717, 1.165) is 21.6 Å². The summed E-state index contributed by atoms with van der Waals surface area (Å²) in [6.07, 6.45) is 0. The molecule has 0 aliphatic carbocycles. The molecule has 0 unspecified atom stereocenters. The molecule has 1 N–H and O–H groups in total. The molecule has 0 aliphatic heterocycles. The first-order valence-electron chi connectivity index (χ1n) is 8.87. The third kappa shape index (κ3) is 5.15. The third-order valence-corrected chi connectivity index (χ3v) is 5.78. The number of hydrogen-bond acceptors (Lipinski definition) is 2. The van der Waals surface area contributed by atoms with Gasteiger partial charge >= 0.3 is 0 Å². The molecule has 4 heteroatoms. The zero-order chi connectivity index (χ0) is 19.2. The number of aryl methyl sites for hydroxylation is 1. The van der Waals surface area contributed by atoms with Gasteiger partial charge in [0.15, 0.2) is 0 Å². The molecule has 3 aromatic rings. The van der Waals surface area contributed by atoms with Crippen LogP contribution in [0.5, 0.6) is 0 Å². The lowest BCUT2D eigenvalue weighted by Gasteiger charge is -2.23. The van der Waals surface area contributed by atoms with Crippen LogP contribution in [0.3, 0.4) is 0 Å². The van der Waals surface area contributed by atoms with E-state index in [2.05, 4.69) is 24.4 Å². The maximum absolute atomic E-state index is 12.9. The first kappa shape index (κ1) is 19.5. The van der Waals surface area contributed by atoms with Gasteiger partial charge in [-0.1, -0.05) is 66.2 Å². The normalized spacial score (nSPS) is 13.0. The molecule has 0 heterocycles. The van der Waals surface area contributed by atoms with Crippen LogP contribution >= 0.6 is 23.4 Å². The molecule has 0 spiro atoms. The van der Waals surface area contributed by atoms with Crippen LogP contribution in [0.15, 0.2) is 83.8 Å². The molecule has 0 saturated heterocycles. The Morgan fingerprint density at radius 2 is 1.56 bits per heavy atom. The highest BCUT2D eigenvalue weighted by molar-refractivity contribution is 8.00. The number of carbonyl (C=O) groups excluding carboxylic acids is 1. The topological polar surface area (TPSA) is 29.1 Å². The van der Waals surface area contributed by atoms with Gasteiger partial charge in [-0.05, 0) is 54.8 Å². The van der Waals surface area contributed by atoms with Crippen molar-refractivity contribution in [3.8, 4) is 0 Å². The van der Waals surface area contributed by atoms with Crippen molar-refractivity contribution >= 4 is 29.3 Å². The van der Waals surface area contributed by atoms with Crippen LogP contribution in [-0.2, 0) is 4.79 Å². The molecule has 0 bridgehead atoms. The molecule has 0 saturated carbocycles. The van der Waals surface area contributed by atoms with Gasteiger partial charge in [0, 0.05) is 9.92 Å². The molecule has 0 aliphatic rings. The number of amides is 1. The highest BCUT2D eigenvalue weighted by atomic mass is 35.5. The predicted octanol–water partition coefficient (Wildman–Crippen LogP) is 6.03. The first-order valence-corrected chi connectivity index (χ1v) is 10.1. The minimum atomic E-state index is -0.221. The summed E-state index contributed by atoms with van der Waals surface area (Å²) in [5.41, 5.74) is 3.34. The van der Waals surface area contributed by atoms with Gasteiger partial charge in [0.25, 0.3) is 0 Å². The van der Waals surface area contributed by atoms with Crippen molar-refractivity contribution in [2.45, 2.75) is 30.0 Å². The van der Waals surface area contributed by atoms with Crippen molar-refractivity contribution in [1.29, 1.82) is 0 Å². The van der Waals surface area contributed by atoms with Gasteiger partial charge in [-0.2, -0.15) is 0 Å². The minimum absolute atomic E-state index is 0.00653. The van der Waals surface area contributed by atoms with E-state index in [1.165, 1.54) is 11.8 Å². The van der Waals surface area contributed by atoms with Crippen molar-refractivity contribution in [2.24, 2.45) is 0 Å². The maximum Gasteiger partial charge on any atom is 0.233 e. The average Bonchev–Trinajstić information content (AvgIpc) is 2.69. The van der Waals surface area contributed by atoms with Crippen LogP contribution in [0.25, 0.3) is 0 Å². The second-order valence-corrected chi connectivity index (χ2v) is 8.27. The number of benzene rings is 3. The zero-order valence-electron chi connectivity index (χ0n) is 15.4. The Labute approximate surface area is 170 Å². The lowest BCUT2D eigenvalue weighted by molar-refractivity contribution is -0.120. The molecule has 3 aromatic carbocycles. The van der Waals surface area contributed by atoms with Crippen LogP contribution in [0, 0.1) is 6.92 Å². The molecule has 3 rings (SSSR count). The summed E-state index contributed by atoms with van der Waals surface area (Å²) >= 11 is 7.47. The van der Waals surface area contributed by atoms with Crippen molar-refractivity contribution in [2.75, 3.05) is 0 Å². The van der Waals surface area contributed by atoms with Crippen LogP contribution in [0.1, 0.15) is 29.7 Å². The number of rotatable bonds is 6. The zero-order valence-corrected chi connectivity index (χ0v) is 16.9. The van der Waals surface area contributed by atoms with E-state index in [1.807, 2.05) is 73.7 Å². The largest absolute Gasteiger partial charge is 0.344 e. The summed E-state index contributed by atoms with van der Waals surface area (Å²) in [5, 5.41) is 3.71. The lowest BCUT2D eigenvalue weighted by Crippen LogP contribution is -2.35. The van der Waals surface area contributed by atoms with Crippen LogP contribution < -0.4 is 5.32 Å². The lowest BCUT2D eigenvalue weighted by atomic mass is 9.95. The highest BCUT2D eigenvalue weighted by Crippen LogP contribution is 2.28. The van der Waals surface area contributed by atoms with Crippen LogP contribution in [0.2, 0.25) is 5.02 Å². The number of thioether (sulfide) groups is 1. The second kappa shape index (κ2) is 9.12. The molecule has 1 amide bonds. The molecule has 138 valence electrons. The SMILES string of the molecule is Cc1ccccc1[C@H](NC(=O)[C@H](C)Sc1ccc(Cl)cc1)c1ccccc1. The van der Waals surface area contributed by atoms with E-state index >= 15 is 0 Å². The molecule has 2 nitrogen and oxygen atoms in total. The number of hydrogen-bond donors (Lipinski definition) is 1. The van der Waals surface area contributed by atoms with E-state index in [1.54, 1.807) is 0 Å². The fourth-order valence-corrected chi connectivity index (χ4v) is 3.93. The van der Waals surface area contributed by atoms with Gasteiger partial charge < -0.3 is 5.32 Å². The Hall–Kier alpha value is -2.23. The van der Waals surface area contributed by atoms with Crippen molar-refractivity contribution in [3.05, 3.63) is 101 Å². The van der Waals surface area contributed by atoms with Crippen molar-refractivity contribution < 1.29 is 4.79 Å². The summed E-state index contributed by atoms with van der Waals surface area (Å²) < 4.78 is 0. The Kier molecular flexibility index (Phi) is 6.59. The third-order valence-electron chi connectivity index (χ3n) is 4.41. The van der Waals surface area contributed by atoms with Gasteiger partial charge in [-0.25, -0.2) is 0 Å². The smallest absolute Gasteiger partial charge is 0.233 e. The van der Waals surface area contributed by atoms with E-state index in [0.29, 0.717) is 5.02 Å². The Morgan fingerprint density at radius 1 is 0.926 bits per heavy atom. The molecule has 2 atom stereocenters. The molecule has 0 fully saturated rings. The van der Waals surface area contributed by atoms with E-state index in [-0.39, 0.29) is 17.2 Å². The fraction of sp³-hybridized carbons (Fsp3) is 0.174. The Morgan fingerprint density at radius 3 is 2.22 bits per heavy atom. The predicted molar refractivity (Wildman–Crippen MR) is 114 cm³/mol. The van der Waals surface area contributed by atoms with Gasteiger partial charge in [0.2, 0.25) is 5.91 Å². The summed E-state index contributed by atoms with van der Waals surface area (Å²) in [7, 11) is 0. The van der Waals surface area contributed by atoms with E-state index in [9.17, 15) is 4.79 Å². The molecule has 0 aromatic heterocycles. The Balaban J connectivity index is 1.80. The number of halogens is 1. The molecular formula is C23H22ClNOS. The summed E-state index contributed by atoms with van der Waals surface area (Å²) in [4.78, 5) is 13.9. The van der Waals surface area contributed by atoms with Gasteiger partial charge in [-0.3, -0.25) is 4.79 Å². The quantitative estimate of drug-likeness (QED) is 0.516.